The summed E-state index contributed by atoms with van der Waals surface area (Å²) in [6, 6.07) is 15.5. The van der Waals surface area contributed by atoms with Gasteiger partial charge in [0.15, 0.2) is 0 Å². The summed E-state index contributed by atoms with van der Waals surface area (Å²) in [6.45, 7) is 2.30. The second-order valence-corrected chi connectivity index (χ2v) is 9.58. The fourth-order valence-electron chi connectivity index (χ4n) is 5.55. The monoisotopic (exact) mass is 478 g/mol. The third-order valence-electron chi connectivity index (χ3n) is 7.40. The molecule has 2 aromatic carbocycles. The van der Waals surface area contributed by atoms with E-state index >= 15 is 0 Å². The average molecular weight is 479 g/mol. The zero-order valence-corrected chi connectivity index (χ0v) is 20.2. The predicted octanol–water partition coefficient (Wildman–Crippen LogP) is 4.70. The fourth-order valence-corrected chi connectivity index (χ4v) is 5.55. The molecule has 7 nitrogen and oxygen atoms in total. The van der Waals surface area contributed by atoms with Crippen LogP contribution in [-0.4, -0.2) is 42.3 Å². The van der Waals surface area contributed by atoms with Gasteiger partial charge in [0, 0.05) is 12.5 Å². The van der Waals surface area contributed by atoms with Crippen LogP contribution in [0.1, 0.15) is 62.5 Å². The lowest BCUT2D eigenvalue weighted by Gasteiger charge is -2.24. The van der Waals surface area contributed by atoms with E-state index in [2.05, 4.69) is 34.9 Å². The SMILES string of the molecule is CCC(NC(=O)OCC1c2ccccc2-c2ccccc21)C(=O)NCC(CC(=O)O)C1CCCC1. The molecule has 1 fully saturated rings. The molecule has 2 amide bonds. The number of ether oxygens (including phenoxy) is 1. The lowest BCUT2D eigenvalue weighted by Crippen LogP contribution is -2.48. The minimum Gasteiger partial charge on any atom is -0.481 e. The minimum absolute atomic E-state index is 0.0432. The first-order valence-electron chi connectivity index (χ1n) is 12.6. The molecule has 2 atom stereocenters. The Hall–Kier alpha value is -3.35. The molecule has 3 N–H and O–H groups in total. The van der Waals surface area contributed by atoms with Gasteiger partial charge in [0.2, 0.25) is 5.91 Å². The second-order valence-electron chi connectivity index (χ2n) is 9.58. The van der Waals surface area contributed by atoms with Crippen LogP contribution in [-0.2, 0) is 14.3 Å². The second kappa shape index (κ2) is 11.4. The van der Waals surface area contributed by atoms with Gasteiger partial charge in [0.25, 0.3) is 0 Å². The number of hydrogen-bond donors (Lipinski definition) is 3. The summed E-state index contributed by atoms with van der Waals surface area (Å²) >= 11 is 0. The summed E-state index contributed by atoms with van der Waals surface area (Å²) in [5, 5.41) is 14.8. The van der Waals surface area contributed by atoms with Gasteiger partial charge in [-0.25, -0.2) is 4.79 Å². The summed E-state index contributed by atoms with van der Waals surface area (Å²) in [7, 11) is 0. The van der Waals surface area contributed by atoms with Crippen molar-refractivity contribution in [2.75, 3.05) is 13.2 Å². The zero-order valence-electron chi connectivity index (χ0n) is 20.2. The Morgan fingerprint density at radius 2 is 1.60 bits per heavy atom. The van der Waals surface area contributed by atoms with Crippen molar-refractivity contribution in [3.05, 3.63) is 59.7 Å². The third-order valence-corrected chi connectivity index (χ3v) is 7.40. The summed E-state index contributed by atoms with van der Waals surface area (Å²) < 4.78 is 5.57. The topological polar surface area (TPSA) is 105 Å². The Balaban J connectivity index is 1.31. The fraction of sp³-hybridized carbons (Fsp3) is 0.464. The number of fused-ring (bicyclic) bond motifs is 3. The highest BCUT2D eigenvalue weighted by atomic mass is 16.5. The van der Waals surface area contributed by atoms with Gasteiger partial charge in [-0.2, -0.15) is 0 Å². The number of aliphatic carboxylic acids is 1. The van der Waals surface area contributed by atoms with Gasteiger partial charge in [-0.3, -0.25) is 9.59 Å². The molecule has 0 aliphatic heterocycles. The third kappa shape index (κ3) is 5.84. The maximum absolute atomic E-state index is 12.8. The lowest BCUT2D eigenvalue weighted by molar-refractivity contribution is -0.138. The van der Waals surface area contributed by atoms with E-state index in [0.29, 0.717) is 18.9 Å². The highest BCUT2D eigenvalue weighted by molar-refractivity contribution is 5.85. The number of carbonyl (C=O) groups excluding carboxylic acids is 2. The van der Waals surface area contributed by atoms with Crippen LogP contribution in [0.5, 0.6) is 0 Å². The molecular weight excluding hydrogens is 444 g/mol. The molecule has 4 rings (SSSR count). The van der Waals surface area contributed by atoms with Gasteiger partial charge in [0.05, 0.1) is 6.42 Å². The van der Waals surface area contributed by atoms with Crippen LogP contribution in [0.15, 0.2) is 48.5 Å². The van der Waals surface area contributed by atoms with E-state index in [1.165, 1.54) is 0 Å². The first-order chi connectivity index (χ1) is 17.0. The van der Waals surface area contributed by atoms with Gasteiger partial charge in [-0.1, -0.05) is 81.1 Å². The number of benzene rings is 2. The van der Waals surface area contributed by atoms with Crippen molar-refractivity contribution in [1.29, 1.82) is 0 Å². The Morgan fingerprint density at radius 3 is 2.17 bits per heavy atom. The van der Waals surface area contributed by atoms with Crippen molar-refractivity contribution < 1.29 is 24.2 Å². The molecule has 0 bridgehead atoms. The van der Waals surface area contributed by atoms with E-state index < -0.39 is 18.1 Å². The summed E-state index contributed by atoms with van der Waals surface area (Å²) in [5.41, 5.74) is 4.56. The molecule has 1 saturated carbocycles. The maximum Gasteiger partial charge on any atom is 0.407 e. The molecule has 35 heavy (non-hydrogen) atoms. The summed E-state index contributed by atoms with van der Waals surface area (Å²) in [6.07, 6.45) is 4.04. The van der Waals surface area contributed by atoms with Crippen LogP contribution < -0.4 is 10.6 Å². The average Bonchev–Trinajstić information content (AvgIpc) is 3.50. The number of amides is 2. The van der Waals surface area contributed by atoms with Crippen molar-refractivity contribution >= 4 is 18.0 Å². The van der Waals surface area contributed by atoms with Crippen molar-refractivity contribution in [1.82, 2.24) is 10.6 Å². The molecule has 0 spiro atoms. The van der Waals surface area contributed by atoms with Crippen LogP contribution in [0, 0.1) is 11.8 Å². The molecule has 7 heteroatoms. The van der Waals surface area contributed by atoms with Crippen LogP contribution in [0.4, 0.5) is 4.79 Å². The number of rotatable bonds is 10. The van der Waals surface area contributed by atoms with Gasteiger partial charge in [0.1, 0.15) is 12.6 Å². The predicted molar refractivity (Wildman–Crippen MR) is 133 cm³/mol. The van der Waals surface area contributed by atoms with E-state index in [4.69, 9.17) is 4.74 Å². The number of carboxylic acids is 1. The number of alkyl carbamates (subject to hydrolysis) is 1. The van der Waals surface area contributed by atoms with Gasteiger partial charge in [-0.15, -0.1) is 0 Å². The highest BCUT2D eigenvalue weighted by Crippen LogP contribution is 2.44. The molecule has 0 saturated heterocycles. The maximum atomic E-state index is 12.8. The van der Waals surface area contributed by atoms with E-state index in [9.17, 15) is 19.5 Å². The molecule has 2 unspecified atom stereocenters. The van der Waals surface area contributed by atoms with Gasteiger partial charge in [-0.05, 0) is 40.5 Å². The molecule has 2 aliphatic rings. The van der Waals surface area contributed by atoms with Crippen molar-refractivity contribution in [3.63, 3.8) is 0 Å². The van der Waals surface area contributed by atoms with Crippen LogP contribution in [0.2, 0.25) is 0 Å². The smallest absolute Gasteiger partial charge is 0.407 e. The van der Waals surface area contributed by atoms with E-state index in [1.54, 1.807) is 0 Å². The number of hydrogen-bond acceptors (Lipinski definition) is 4. The minimum atomic E-state index is -0.847. The summed E-state index contributed by atoms with van der Waals surface area (Å²) in [4.78, 5) is 36.7. The van der Waals surface area contributed by atoms with Crippen molar-refractivity contribution in [3.8, 4) is 11.1 Å². The van der Waals surface area contributed by atoms with E-state index in [-0.39, 0.29) is 30.8 Å². The number of carboxylic acid groups (broad SMARTS) is 1. The largest absolute Gasteiger partial charge is 0.481 e. The Kier molecular flexibility index (Phi) is 8.06. The Bertz CT molecular complexity index is 1020. The molecule has 186 valence electrons. The van der Waals surface area contributed by atoms with Gasteiger partial charge >= 0.3 is 12.1 Å². The number of carbonyl (C=O) groups is 3. The number of nitrogens with one attached hydrogen (secondary N) is 2. The van der Waals surface area contributed by atoms with E-state index in [1.807, 2.05) is 31.2 Å². The normalized spacial score (nSPS) is 16.7. The first kappa shape index (κ1) is 24.8. The Labute approximate surface area is 206 Å². The molecule has 0 aromatic heterocycles. The Morgan fingerprint density at radius 1 is 1.00 bits per heavy atom. The molecule has 0 heterocycles. The molecule has 2 aliphatic carbocycles. The standard InChI is InChI=1S/C28H34N2O5/c1-2-25(27(33)29-16-19(15-26(31)32)18-9-3-4-10-18)30-28(34)35-17-24-22-13-7-5-11-20(22)21-12-6-8-14-23(21)24/h5-8,11-14,18-19,24-25H,2-4,9-10,15-17H2,1H3,(H,29,33)(H,30,34)(H,31,32). The van der Waals surface area contributed by atoms with Gasteiger partial charge < -0.3 is 20.5 Å². The van der Waals surface area contributed by atoms with Crippen molar-refractivity contribution in [2.24, 2.45) is 11.8 Å². The van der Waals surface area contributed by atoms with Crippen LogP contribution in [0.25, 0.3) is 11.1 Å². The quantitative estimate of drug-likeness (QED) is 0.459. The molecule has 2 aromatic rings. The zero-order chi connectivity index (χ0) is 24.8. The van der Waals surface area contributed by atoms with Crippen molar-refractivity contribution in [2.45, 2.75) is 57.4 Å². The molecular formula is C28H34N2O5. The first-order valence-corrected chi connectivity index (χ1v) is 12.6. The molecule has 0 radical (unpaired) electrons. The summed E-state index contributed by atoms with van der Waals surface area (Å²) in [5.74, 6) is -0.980. The highest BCUT2D eigenvalue weighted by Gasteiger charge is 2.31. The van der Waals surface area contributed by atoms with Crippen LogP contribution >= 0.6 is 0 Å². The van der Waals surface area contributed by atoms with E-state index in [0.717, 1.165) is 47.9 Å². The lowest BCUT2D eigenvalue weighted by atomic mass is 9.88. The van der Waals surface area contributed by atoms with Crippen LogP contribution in [0.3, 0.4) is 0 Å².